The fourth-order valence-corrected chi connectivity index (χ4v) is 2.38. The first-order chi connectivity index (χ1) is 12.3. The Morgan fingerprint density at radius 2 is 1.65 bits per heavy atom. The summed E-state index contributed by atoms with van der Waals surface area (Å²) in [7, 11) is 0. The first-order valence-corrected chi connectivity index (χ1v) is 8.33. The van der Waals surface area contributed by atoms with Gasteiger partial charge in [-0.1, -0.05) is 43.6 Å². The number of carbonyl (C=O) groups excluding carboxylic acids is 2. The second kappa shape index (κ2) is 8.76. The number of esters is 1. The molecule has 0 aliphatic carbocycles. The third-order valence-corrected chi connectivity index (χ3v) is 3.94. The monoisotopic (exact) mass is 381 g/mol. The van der Waals surface area contributed by atoms with E-state index in [9.17, 15) is 18.4 Å². The van der Waals surface area contributed by atoms with Crippen molar-refractivity contribution >= 4 is 23.5 Å². The van der Waals surface area contributed by atoms with Crippen molar-refractivity contribution in [1.29, 1.82) is 0 Å². The molecule has 0 saturated heterocycles. The molecule has 0 unspecified atom stereocenters. The van der Waals surface area contributed by atoms with E-state index < -0.39 is 35.1 Å². The van der Waals surface area contributed by atoms with Crippen LogP contribution in [0.3, 0.4) is 0 Å². The van der Waals surface area contributed by atoms with Crippen LogP contribution >= 0.6 is 11.6 Å². The lowest BCUT2D eigenvalue weighted by Gasteiger charge is -2.21. The summed E-state index contributed by atoms with van der Waals surface area (Å²) in [6, 6.07) is 8.78. The topological polar surface area (TPSA) is 55.4 Å². The highest BCUT2D eigenvalue weighted by Gasteiger charge is 2.28. The van der Waals surface area contributed by atoms with E-state index in [-0.39, 0.29) is 12.5 Å². The van der Waals surface area contributed by atoms with Gasteiger partial charge in [-0.25, -0.2) is 13.6 Å². The number of benzene rings is 2. The molecule has 138 valence electrons. The molecule has 1 N–H and O–H groups in total. The molecule has 0 bridgehead atoms. The Balaban J connectivity index is 2.06. The van der Waals surface area contributed by atoms with Crippen LogP contribution in [0.2, 0.25) is 5.02 Å². The maximum absolute atomic E-state index is 13.7. The van der Waals surface area contributed by atoms with E-state index >= 15 is 0 Å². The zero-order valence-corrected chi connectivity index (χ0v) is 15.0. The molecule has 0 spiro atoms. The lowest BCUT2D eigenvalue weighted by molar-refractivity contribution is -0.148. The Morgan fingerprint density at radius 1 is 1.08 bits per heavy atom. The summed E-state index contributed by atoms with van der Waals surface area (Å²) >= 11 is 5.79. The van der Waals surface area contributed by atoms with Crippen molar-refractivity contribution in [2.75, 3.05) is 0 Å². The molecule has 26 heavy (non-hydrogen) atoms. The van der Waals surface area contributed by atoms with Gasteiger partial charge in [0.15, 0.2) is 0 Å². The smallest absolute Gasteiger partial charge is 0.329 e. The number of ether oxygens (including phenoxy) is 1. The molecule has 1 atom stereocenters. The van der Waals surface area contributed by atoms with E-state index in [2.05, 4.69) is 5.32 Å². The van der Waals surface area contributed by atoms with E-state index in [1.165, 1.54) is 0 Å². The van der Waals surface area contributed by atoms with Crippen LogP contribution < -0.4 is 5.32 Å². The number of amides is 1. The first kappa shape index (κ1) is 19.8. The van der Waals surface area contributed by atoms with Gasteiger partial charge in [0.2, 0.25) is 0 Å². The van der Waals surface area contributed by atoms with Gasteiger partial charge in [-0.15, -0.1) is 0 Å². The van der Waals surface area contributed by atoms with E-state index in [0.717, 1.165) is 23.8 Å². The number of nitrogens with one attached hydrogen (secondary N) is 1. The van der Waals surface area contributed by atoms with Gasteiger partial charge in [0.1, 0.15) is 29.8 Å². The summed E-state index contributed by atoms with van der Waals surface area (Å²) in [5.74, 6) is -4.05. The lowest BCUT2D eigenvalue weighted by atomic mass is 10.0. The van der Waals surface area contributed by atoms with E-state index in [1.54, 1.807) is 38.1 Å². The van der Waals surface area contributed by atoms with Gasteiger partial charge in [0.25, 0.3) is 5.91 Å². The molecule has 2 rings (SSSR count). The normalized spacial score (nSPS) is 11.9. The molecular formula is C19H18ClF2NO3. The fourth-order valence-electron chi connectivity index (χ4n) is 2.25. The zero-order chi connectivity index (χ0) is 19.3. The number of hydrogen-bond donors (Lipinski definition) is 1. The van der Waals surface area contributed by atoms with Crippen molar-refractivity contribution in [3.05, 3.63) is 70.2 Å². The Hall–Kier alpha value is -2.47. The molecule has 0 fully saturated rings. The van der Waals surface area contributed by atoms with Crippen LogP contribution in [0.1, 0.15) is 29.8 Å². The highest BCUT2D eigenvalue weighted by molar-refractivity contribution is 6.30. The van der Waals surface area contributed by atoms with E-state index in [1.807, 2.05) is 0 Å². The van der Waals surface area contributed by atoms with Gasteiger partial charge < -0.3 is 10.1 Å². The second-order valence-electron chi connectivity index (χ2n) is 6.03. The average Bonchev–Trinajstić information content (AvgIpc) is 2.58. The number of rotatable bonds is 6. The summed E-state index contributed by atoms with van der Waals surface area (Å²) in [4.78, 5) is 24.5. The van der Waals surface area contributed by atoms with Crippen molar-refractivity contribution in [3.8, 4) is 0 Å². The Morgan fingerprint density at radius 3 is 2.19 bits per heavy atom. The van der Waals surface area contributed by atoms with Gasteiger partial charge in [0, 0.05) is 5.02 Å². The first-order valence-electron chi connectivity index (χ1n) is 7.95. The molecule has 7 heteroatoms. The molecule has 0 radical (unpaired) electrons. The van der Waals surface area contributed by atoms with Crippen LogP contribution in [0.5, 0.6) is 0 Å². The molecular weight excluding hydrogens is 364 g/mol. The van der Waals surface area contributed by atoms with Crippen molar-refractivity contribution in [2.45, 2.75) is 26.5 Å². The van der Waals surface area contributed by atoms with Crippen LogP contribution in [0.4, 0.5) is 8.78 Å². The van der Waals surface area contributed by atoms with Crippen LogP contribution in [0.15, 0.2) is 42.5 Å². The molecule has 2 aromatic carbocycles. The van der Waals surface area contributed by atoms with Crippen molar-refractivity contribution < 1.29 is 23.1 Å². The summed E-state index contributed by atoms with van der Waals surface area (Å²) in [5.41, 5.74) is -0.0135. The van der Waals surface area contributed by atoms with Crippen molar-refractivity contribution in [3.63, 3.8) is 0 Å². The Kier molecular flexibility index (Phi) is 6.69. The summed E-state index contributed by atoms with van der Waals surface area (Å²) in [6.07, 6.45) is 0. The average molecular weight is 382 g/mol. The quantitative estimate of drug-likeness (QED) is 0.766. The second-order valence-corrected chi connectivity index (χ2v) is 6.46. The molecule has 0 aliphatic rings. The van der Waals surface area contributed by atoms with Crippen molar-refractivity contribution in [1.82, 2.24) is 5.32 Å². The van der Waals surface area contributed by atoms with Gasteiger partial charge in [-0.2, -0.15) is 0 Å². The maximum atomic E-state index is 13.7. The van der Waals surface area contributed by atoms with Gasteiger partial charge in [0.05, 0.1) is 0 Å². The zero-order valence-electron chi connectivity index (χ0n) is 14.3. The summed E-state index contributed by atoms with van der Waals surface area (Å²) in [6.45, 7) is 3.36. The highest BCUT2D eigenvalue weighted by atomic mass is 35.5. The van der Waals surface area contributed by atoms with E-state index in [4.69, 9.17) is 16.3 Å². The standard InChI is InChI=1S/C19H18ClF2NO3/c1-11(2)17(19(25)26-10-12-6-8-13(20)9-7-12)23-18(24)16-14(21)4-3-5-15(16)22/h3-9,11,17H,10H2,1-2H3,(H,23,24)/t17-/m0/s1. The largest absolute Gasteiger partial charge is 0.459 e. The minimum atomic E-state index is -1.05. The Bertz CT molecular complexity index is 774. The third-order valence-electron chi connectivity index (χ3n) is 3.69. The summed E-state index contributed by atoms with van der Waals surface area (Å²) in [5, 5.41) is 2.90. The van der Waals surface area contributed by atoms with Crippen LogP contribution in [-0.2, 0) is 16.1 Å². The molecule has 2 aromatic rings. The van der Waals surface area contributed by atoms with Crippen LogP contribution in [0, 0.1) is 17.6 Å². The van der Waals surface area contributed by atoms with Crippen molar-refractivity contribution in [2.24, 2.45) is 5.92 Å². The molecule has 0 aromatic heterocycles. The third kappa shape index (κ3) is 5.02. The molecule has 1 amide bonds. The minimum Gasteiger partial charge on any atom is -0.459 e. The highest BCUT2D eigenvalue weighted by Crippen LogP contribution is 2.15. The van der Waals surface area contributed by atoms with Gasteiger partial charge in [-0.3, -0.25) is 4.79 Å². The molecule has 0 aliphatic heterocycles. The molecule has 0 saturated carbocycles. The van der Waals surface area contributed by atoms with Crippen LogP contribution in [0.25, 0.3) is 0 Å². The molecule has 0 heterocycles. The summed E-state index contributed by atoms with van der Waals surface area (Å²) < 4.78 is 32.7. The maximum Gasteiger partial charge on any atom is 0.329 e. The Labute approximate surface area is 155 Å². The predicted octanol–water partition coefficient (Wildman–Crippen LogP) is 4.12. The minimum absolute atomic E-state index is 0.0108. The lowest BCUT2D eigenvalue weighted by Crippen LogP contribution is -2.45. The molecule has 4 nitrogen and oxygen atoms in total. The number of hydrogen-bond acceptors (Lipinski definition) is 3. The predicted molar refractivity (Wildman–Crippen MR) is 93.7 cm³/mol. The SMILES string of the molecule is CC(C)[C@H](NC(=O)c1c(F)cccc1F)C(=O)OCc1ccc(Cl)cc1. The van der Waals surface area contributed by atoms with Crippen LogP contribution in [-0.4, -0.2) is 17.9 Å². The van der Waals surface area contributed by atoms with E-state index in [0.29, 0.717) is 5.02 Å². The fraction of sp³-hybridized carbons (Fsp3) is 0.263. The van der Waals surface area contributed by atoms with Gasteiger partial charge in [-0.05, 0) is 35.7 Å². The number of halogens is 3. The number of carbonyl (C=O) groups is 2. The van der Waals surface area contributed by atoms with Gasteiger partial charge >= 0.3 is 5.97 Å².